The Labute approximate surface area is 104 Å². The van der Waals surface area contributed by atoms with Crippen molar-refractivity contribution < 1.29 is 13.7 Å². The number of hydrogen-bond acceptors (Lipinski definition) is 3. The zero-order chi connectivity index (χ0) is 12.6. The first-order chi connectivity index (χ1) is 7.14. The van der Waals surface area contributed by atoms with Crippen molar-refractivity contribution in [3.63, 3.8) is 0 Å². The summed E-state index contributed by atoms with van der Waals surface area (Å²) in [4.78, 5) is 0. The normalized spacial score (nSPS) is 26.5. The zero-order valence-corrected chi connectivity index (χ0v) is 12.1. The molecule has 1 N–H and O–H groups in total. The second kappa shape index (κ2) is 4.31. The number of hydrogen-bond donors (Lipinski definition) is 1. The molecule has 0 aliphatic carbocycles. The van der Waals surface area contributed by atoms with Crippen LogP contribution in [0.2, 0.25) is 0 Å². The van der Waals surface area contributed by atoms with Crippen LogP contribution in [0.4, 0.5) is 0 Å². The minimum atomic E-state index is -0.269. The van der Waals surface area contributed by atoms with E-state index in [2.05, 4.69) is 47.6 Å². The maximum absolute atomic E-state index is 6.18. The Morgan fingerprint density at radius 1 is 1.19 bits per heavy atom. The standard InChI is InChI=1S/C11H25N3OS/c1-13(2,3)11(14(4,5)6)9-12-10(8-16)7-15-11/h8,10,12H,7,9H2,1-6H3/q+2. The van der Waals surface area contributed by atoms with Crippen LogP contribution in [0.5, 0.6) is 0 Å². The first kappa shape index (κ1) is 14.0. The molecule has 5 heteroatoms. The Kier molecular flexibility index (Phi) is 3.77. The van der Waals surface area contributed by atoms with E-state index in [9.17, 15) is 0 Å². The van der Waals surface area contributed by atoms with Gasteiger partial charge in [0, 0.05) is 0 Å². The van der Waals surface area contributed by atoms with E-state index in [0.29, 0.717) is 6.61 Å². The van der Waals surface area contributed by atoms with Crippen molar-refractivity contribution in [1.82, 2.24) is 5.32 Å². The van der Waals surface area contributed by atoms with Crippen molar-refractivity contribution in [1.29, 1.82) is 0 Å². The summed E-state index contributed by atoms with van der Waals surface area (Å²) in [5.74, 6) is -0.269. The van der Waals surface area contributed by atoms with Crippen LogP contribution in [-0.4, -0.2) is 81.7 Å². The van der Waals surface area contributed by atoms with E-state index in [-0.39, 0.29) is 11.9 Å². The molecule has 1 saturated heterocycles. The molecule has 94 valence electrons. The molecular formula is C11H25N3OS+2. The van der Waals surface area contributed by atoms with E-state index in [1.54, 1.807) is 5.37 Å². The molecule has 1 atom stereocenters. The van der Waals surface area contributed by atoms with Gasteiger partial charge in [-0.2, -0.15) is 0 Å². The summed E-state index contributed by atoms with van der Waals surface area (Å²) in [6, 6.07) is 0.196. The maximum atomic E-state index is 6.18. The van der Waals surface area contributed by atoms with Crippen LogP contribution < -0.4 is 5.32 Å². The minimum Gasteiger partial charge on any atom is -0.294 e. The Morgan fingerprint density at radius 2 is 1.69 bits per heavy atom. The highest BCUT2D eigenvalue weighted by atomic mass is 32.1. The smallest absolute Gasteiger partial charge is 0.294 e. The van der Waals surface area contributed by atoms with Gasteiger partial charge in [-0.3, -0.25) is 19.0 Å². The second-order valence-electron chi connectivity index (χ2n) is 6.20. The molecule has 0 aromatic rings. The van der Waals surface area contributed by atoms with Gasteiger partial charge in [-0.1, -0.05) is 12.2 Å². The molecule has 0 aromatic heterocycles. The number of ether oxygens (including phenoxy) is 1. The predicted molar refractivity (Wildman–Crippen MR) is 70.2 cm³/mol. The molecule has 0 amide bonds. The first-order valence-corrected chi connectivity index (χ1v) is 6.07. The summed E-state index contributed by atoms with van der Waals surface area (Å²) in [6.07, 6.45) is 0. The van der Waals surface area contributed by atoms with Crippen LogP contribution in [0, 0.1) is 0 Å². The van der Waals surface area contributed by atoms with Crippen molar-refractivity contribution >= 4 is 17.6 Å². The van der Waals surface area contributed by atoms with Gasteiger partial charge in [0.25, 0.3) is 0 Å². The van der Waals surface area contributed by atoms with Crippen molar-refractivity contribution in [2.24, 2.45) is 0 Å². The van der Waals surface area contributed by atoms with Gasteiger partial charge in [0.1, 0.15) is 6.54 Å². The number of quaternary nitrogens is 2. The summed E-state index contributed by atoms with van der Waals surface area (Å²) in [5.41, 5.74) is 0. The molecule has 0 aromatic carbocycles. The topological polar surface area (TPSA) is 21.3 Å². The summed E-state index contributed by atoms with van der Waals surface area (Å²) >= 11 is 4.96. The third kappa shape index (κ3) is 2.28. The highest BCUT2D eigenvalue weighted by Crippen LogP contribution is 2.30. The quantitative estimate of drug-likeness (QED) is 0.432. The lowest BCUT2D eigenvalue weighted by Crippen LogP contribution is -2.79. The van der Waals surface area contributed by atoms with Gasteiger partial charge in [0.2, 0.25) is 0 Å². The van der Waals surface area contributed by atoms with E-state index in [4.69, 9.17) is 17.0 Å². The van der Waals surface area contributed by atoms with E-state index in [0.717, 1.165) is 15.5 Å². The van der Waals surface area contributed by atoms with Gasteiger partial charge in [-0.25, -0.2) is 0 Å². The van der Waals surface area contributed by atoms with E-state index < -0.39 is 0 Å². The summed E-state index contributed by atoms with van der Waals surface area (Å²) in [7, 11) is 13.0. The minimum absolute atomic E-state index is 0.196. The lowest BCUT2D eigenvalue weighted by molar-refractivity contribution is -1.15. The summed E-state index contributed by atoms with van der Waals surface area (Å²) < 4.78 is 7.70. The van der Waals surface area contributed by atoms with Crippen LogP contribution in [0.25, 0.3) is 0 Å². The molecule has 0 saturated carbocycles. The van der Waals surface area contributed by atoms with Gasteiger partial charge in [0.15, 0.2) is 0 Å². The van der Waals surface area contributed by atoms with Gasteiger partial charge in [-0.05, 0) is 5.37 Å². The van der Waals surface area contributed by atoms with Gasteiger partial charge in [0.05, 0.1) is 54.9 Å². The zero-order valence-electron chi connectivity index (χ0n) is 11.3. The largest absolute Gasteiger partial charge is 0.353 e. The lowest BCUT2D eigenvalue weighted by atomic mass is 10.1. The number of thiocarbonyl (C=S) groups is 1. The van der Waals surface area contributed by atoms with Crippen LogP contribution in [0.3, 0.4) is 0 Å². The van der Waals surface area contributed by atoms with E-state index in [1.807, 2.05) is 0 Å². The van der Waals surface area contributed by atoms with Crippen LogP contribution in [-0.2, 0) is 4.74 Å². The lowest BCUT2D eigenvalue weighted by Gasteiger charge is -2.53. The van der Waals surface area contributed by atoms with E-state index in [1.165, 1.54) is 0 Å². The summed E-state index contributed by atoms with van der Waals surface area (Å²) in [6.45, 7) is 1.45. The molecule has 1 rings (SSSR count). The molecule has 16 heavy (non-hydrogen) atoms. The first-order valence-electron chi connectivity index (χ1n) is 5.60. The van der Waals surface area contributed by atoms with Crippen molar-refractivity contribution in [3.8, 4) is 0 Å². The average Bonchev–Trinajstić information content (AvgIpc) is 2.14. The highest BCUT2D eigenvalue weighted by Gasteiger charge is 2.58. The maximum Gasteiger partial charge on any atom is 0.353 e. The molecule has 1 fully saturated rings. The second-order valence-corrected chi connectivity index (χ2v) is 6.47. The molecular weight excluding hydrogens is 222 g/mol. The van der Waals surface area contributed by atoms with Gasteiger partial charge < -0.3 is 0 Å². The van der Waals surface area contributed by atoms with Gasteiger partial charge >= 0.3 is 5.85 Å². The molecule has 1 heterocycles. The van der Waals surface area contributed by atoms with Crippen LogP contribution in [0.15, 0.2) is 0 Å². The molecule has 1 aliphatic heterocycles. The average molecular weight is 247 g/mol. The number of morpholine rings is 1. The summed E-state index contributed by atoms with van der Waals surface area (Å²) in [5, 5.41) is 5.20. The van der Waals surface area contributed by atoms with Crippen molar-refractivity contribution in [2.45, 2.75) is 11.9 Å². The van der Waals surface area contributed by atoms with Crippen molar-refractivity contribution in [2.75, 3.05) is 55.4 Å². The molecule has 4 nitrogen and oxygen atoms in total. The SMILES string of the molecule is C[N+](C)(C)C1([N+](C)(C)C)CNC(C=S)CO1. The van der Waals surface area contributed by atoms with E-state index >= 15 is 0 Å². The molecule has 1 aliphatic rings. The third-order valence-corrected chi connectivity index (χ3v) is 3.68. The Hall–Kier alpha value is -0.0700. The highest BCUT2D eigenvalue weighted by molar-refractivity contribution is 7.79. The molecule has 1 unspecified atom stereocenters. The monoisotopic (exact) mass is 247 g/mol. The number of nitrogens with one attached hydrogen (secondary N) is 1. The number of nitrogens with zero attached hydrogens (tertiary/aromatic N) is 2. The fraction of sp³-hybridized carbons (Fsp3) is 0.909. The fourth-order valence-corrected chi connectivity index (χ4v) is 2.62. The van der Waals surface area contributed by atoms with Crippen molar-refractivity contribution in [3.05, 3.63) is 0 Å². The molecule has 0 spiro atoms. The molecule has 0 radical (unpaired) electrons. The number of rotatable bonds is 3. The van der Waals surface area contributed by atoms with Crippen LogP contribution in [0.1, 0.15) is 0 Å². The Morgan fingerprint density at radius 3 is 1.94 bits per heavy atom. The molecule has 0 bridgehead atoms. The van der Waals surface area contributed by atoms with Gasteiger partial charge in [-0.15, -0.1) is 0 Å². The third-order valence-electron chi connectivity index (χ3n) is 3.35. The van der Waals surface area contributed by atoms with Crippen LogP contribution >= 0.6 is 12.2 Å². The fourth-order valence-electron chi connectivity index (χ4n) is 2.45. The predicted octanol–water partition coefficient (Wildman–Crippen LogP) is 0.0407. The number of likely N-dealkylation sites (N-methyl/N-ethyl adjacent to an activating group) is 2. The Bertz CT molecular complexity index is 243. The Balaban J connectivity index is 2.97.